The zero-order valence-electron chi connectivity index (χ0n) is 8.98. The topological polar surface area (TPSA) is 91.3 Å². The maximum absolute atomic E-state index is 11.4. The first-order valence-corrected chi connectivity index (χ1v) is 5.59. The lowest BCUT2D eigenvalue weighted by Crippen LogP contribution is -2.37. The molecule has 1 amide bonds. The highest BCUT2D eigenvalue weighted by molar-refractivity contribution is 7.17. The monoisotopic (exact) mass is 243 g/mol. The highest BCUT2D eigenvalue weighted by atomic mass is 32.1. The second kappa shape index (κ2) is 5.45. The molecule has 1 aromatic rings. The molecule has 1 aromatic heterocycles. The van der Waals surface area contributed by atoms with Crippen molar-refractivity contribution in [3.05, 3.63) is 11.1 Å². The summed E-state index contributed by atoms with van der Waals surface area (Å²) < 4.78 is 0. The first-order valence-electron chi connectivity index (χ1n) is 4.78. The van der Waals surface area contributed by atoms with Gasteiger partial charge in [0.25, 0.3) is 0 Å². The summed E-state index contributed by atoms with van der Waals surface area (Å²) in [5.41, 5.74) is 0. The number of carboxylic acids is 1. The molecule has 0 saturated carbocycles. The molecule has 0 bridgehead atoms. The van der Waals surface area contributed by atoms with Gasteiger partial charge in [-0.3, -0.25) is 4.79 Å². The number of likely N-dealkylation sites (N-methyl/N-ethyl adjacent to an activating group) is 1. The lowest BCUT2D eigenvalue weighted by molar-refractivity contribution is -0.121. The molecule has 7 heteroatoms. The van der Waals surface area contributed by atoms with Gasteiger partial charge in [0.15, 0.2) is 5.13 Å². The van der Waals surface area contributed by atoms with Crippen LogP contribution in [-0.2, 0) is 4.79 Å². The number of thiazole rings is 1. The van der Waals surface area contributed by atoms with Crippen LogP contribution in [0.25, 0.3) is 0 Å². The third kappa shape index (κ3) is 3.20. The number of hydrogen-bond donors (Lipinski definition) is 3. The van der Waals surface area contributed by atoms with Gasteiger partial charge in [0.2, 0.25) is 5.91 Å². The third-order valence-electron chi connectivity index (χ3n) is 1.80. The molecule has 0 radical (unpaired) electrons. The Morgan fingerprint density at radius 2 is 2.31 bits per heavy atom. The van der Waals surface area contributed by atoms with Crippen LogP contribution >= 0.6 is 11.3 Å². The zero-order valence-corrected chi connectivity index (χ0v) is 9.80. The predicted molar refractivity (Wildman–Crippen MR) is 60.8 cm³/mol. The van der Waals surface area contributed by atoms with Gasteiger partial charge < -0.3 is 15.7 Å². The smallest absolute Gasteiger partial charge is 0.347 e. The molecule has 88 valence electrons. The average molecular weight is 243 g/mol. The third-order valence-corrected chi connectivity index (χ3v) is 2.72. The molecule has 0 saturated heterocycles. The van der Waals surface area contributed by atoms with Crippen molar-refractivity contribution in [2.24, 2.45) is 0 Å². The molecule has 6 nitrogen and oxygen atoms in total. The molecule has 0 aliphatic rings. The number of aromatic nitrogens is 1. The summed E-state index contributed by atoms with van der Waals surface area (Å²) in [4.78, 5) is 26.0. The van der Waals surface area contributed by atoms with Gasteiger partial charge in [-0.15, -0.1) is 0 Å². The van der Waals surface area contributed by atoms with Crippen LogP contribution in [0.4, 0.5) is 5.13 Å². The van der Waals surface area contributed by atoms with Crippen molar-refractivity contribution in [3.63, 3.8) is 0 Å². The van der Waals surface area contributed by atoms with E-state index in [0.29, 0.717) is 11.7 Å². The molecule has 16 heavy (non-hydrogen) atoms. The van der Waals surface area contributed by atoms with Gasteiger partial charge in [-0.1, -0.05) is 11.3 Å². The maximum Gasteiger partial charge on any atom is 0.347 e. The Balaban J connectivity index is 2.59. The van der Waals surface area contributed by atoms with Gasteiger partial charge in [0.05, 0.1) is 6.20 Å². The van der Waals surface area contributed by atoms with Crippen molar-refractivity contribution in [1.29, 1.82) is 0 Å². The van der Waals surface area contributed by atoms with Crippen LogP contribution in [0.15, 0.2) is 6.20 Å². The Bertz CT molecular complexity index is 391. The van der Waals surface area contributed by atoms with Crippen LogP contribution in [0.3, 0.4) is 0 Å². The number of anilines is 1. The number of aromatic carboxylic acids is 1. The van der Waals surface area contributed by atoms with Gasteiger partial charge in [-0.2, -0.15) is 0 Å². The highest BCUT2D eigenvalue weighted by Gasteiger charge is 2.14. The van der Waals surface area contributed by atoms with E-state index in [1.807, 2.05) is 6.92 Å². The molecule has 3 N–H and O–H groups in total. The molecular formula is C9H13N3O3S. The Morgan fingerprint density at radius 1 is 1.62 bits per heavy atom. The van der Waals surface area contributed by atoms with E-state index < -0.39 is 12.0 Å². The van der Waals surface area contributed by atoms with Gasteiger partial charge in [-0.25, -0.2) is 9.78 Å². The number of nitrogens with one attached hydrogen (secondary N) is 2. The summed E-state index contributed by atoms with van der Waals surface area (Å²) in [7, 11) is 0. The number of carboxylic acid groups (broad SMARTS) is 1. The largest absolute Gasteiger partial charge is 0.477 e. The lowest BCUT2D eigenvalue weighted by atomic mass is 10.3. The molecule has 0 aliphatic heterocycles. The van der Waals surface area contributed by atoms with Crippen molar-refractivity contribution < 1.29 is 14.7 Å². The van der Waals surface area contributed by atoms with Crippen LogP contribution in [-0.4, -0.2) is 34.6 Å². The van der Waals surface area contributed by atoms with Crippen LogP contribution < -0.4 is 10.6 Å². The standard InChI is InChI=1S/C9H13N3O3S/c1-3-10-7(13)5(2)12-9-11-4-6(16-9)8(14)15/h4-5H,3H2,1-2H3,(H,10,13)(H,11,12)(H,14,15). The van der Waals surface area contributed by atoms with Crippen LogP contribution in [0, 0.1) is 0 Å². The Morgan fingerprint density at radius 3 is 2.81 bits per heavy atom. The Hall–Kier alpha value is -1.63. The minimum absolute atomic E-state index is 0.144. The lowest BCUT2D eigenvalue weighted by Gasteiger charge is -2.11. The van der Waals surface area contributed by atoms with Crippen molar-refractivity contribution >= 4 is 28.3 Å². The van der Waals surface area contributed by atoms with Gasteiger partial charge in [0.1, 0.15) is 10.9 Å². The number of nitrogens with zero attached hydrogens (tertiary/aromatic N) is 1. The predicted octanol–water partition coefficient (Wildman–Crippen LogP) is 0.778. The van der Waals surface area contributed by atoms with Crippen LogP contribution in [0.1, 0.15) is 23.5 Å². The molecule has 0 aromatic carbocycles. The average Bonchev–Trinajstić information content (AvgIpc) is 2.66. The van der Waals surface area contributed by atoms with E-state index in [9.17, 15) is 9.59 Å². The molecule has 1 atom stereocenters. The molecular weight excluding hydrogens is 230 g/mol. The number of hydrogen-bond acceptors (Lipinski definition) is 5. The molecule has 0 aliphatic carbocycles. The van der Waals surface area contributed by atoms with E-state index in [-0.39, 0.29) is 10.8 Å². The first-order chi connectivity index (χ1) is 7.54. The quantitative estimate of drug-likeness (QED) is 0.710. The fraction of sp³-hybridized carbons (Fsp3) is 0.444. The van der Waals surface area contributed by atoms with Gasteiger partial charge in [0, 0.05) is 6.54 Å². The first kappa shape index (κ1) is 12.4. The fourth-order valence-electron chi connectivity index (χ4n) is 1.02. The minimum atomic E-state index is -1.02. The summed E-state index contributed by atoms with van der Waals surface area (Å²) in [6.45, 7) is 4.08. The second-order valence-corrected chi connectivity index (χ2v) is 4.13. The van der Waals surface area contributed by atoms with Crippen molar-refractivity contribution in [3.8, 4) is 0 Å². The summed E-state index contributed by atoms with van der Waals surface area (Å²) in [5, 5.41) is 14.6. The van der Waals surface area contributed by atoms with Gasteiger partial charge in [-0.05, 0) is 13.8 Å². The SMILES string of the molecule is CCNC(=O)C(C)Nc1ncc(C(=O)O)s1. The Kier molecular flexibility index (Phi) is 4.24. The number of carbonyl (C=O) groups excluding carboxylic acids is 1. The number of carbonyl (C=O) groups is 2. The van der Waals surface area contributed by atoms with E-state index in [1.165, 1.54) is 6.20 Å². The number of amides is 1. The summed E-state index contributed by atoms with van der Waals surface area (Å²) in [6.07, 6.45) is 1.26. The summed E-state index contributed by atoms with van der Waals surface area (Å²) in [5.74, 6) is -1.16. The molecule has 1 unspecified atom stereocenters. The van der Waals surface area contributed by atoms with Crippen LogP contribution in [0.5, 0.6) is 0 Å². The maximum atomic E-state index is 11.4. The number of rotatable bonds is 5. The Labute approximate surface area is 96.7 Å². The molecule has 1 rings (SSSR count). The van der Waals surface area contributed by atoms with E-state index in [1.54, 1.807) is 6.92 Å². The van der Waals surface area contributed by atoms with Crippen molar-refractivity contribution in [1.82, 2.24) is 10.3 Å². The minimum Gasteiger partial charge on any atom is -0.477 e. The summed E-state index contributed by atoms with van der Waals surface area (Å²) >= 11 is 1.00. The fourth-order valence-corrected chi connectivity index (χ4v) is 1.76. The van der Waals surface area contributed by atoms with Gasteiger partial charge >= 0.3 is 5.97 Å². The van der Waals surface area contributed by atoms with E-state index in [2.05, 4.69) is 15.6 Å². The highest BCUT2D eigenvalue weighted by Crippen LogP contribution is 2.18. The van der Waals surface area contributed by atoms with E-state index in [4.69, 9.17) is 5.11 Å². The summed E-state index contributed by atoms with van der Waals surface area (Å²) in [6, 6.07) is -0.437. The van der Waals surface area contributed by atoms with E-state index >= 15 is 0 Å². The molecule has 0 spiro atoms. The molecule has 1 heterocycles. The van der Waals surface area contributed by atoms with Crippen molar-refractivity contribution in [2.75, 3.05) is 11.9 Å². The zero-order chi connectivity index (χ0) is 12.1. The second-order valence-electron chi connectivity index (χ2n) is 3.10. The van der Waals surface area contributed by atoms with Crippen molar-refractivity contribution in [2.45, 2.75) is 19.9 Å². The normalized spacial score (nSPS) is 11.9. The van der Waals surface area contributed by atoms with Crippen LogP contribution in [0.2, 0.25) is 0 Å². The van der Waals surface area contributed by atoms with E-state index in [0.717, 1.165) is 11.3 Å². The molecule has 0 fully saturated rings.